The predicted molar refractivity (Wildman–Crippen MR) is 141 cm³/mol. The second-order valence-electron chi connectivity index (χ2n) is 8.23. The highest BCUT2D eigenvalue weighted by atomic mass is 35.5. The maximum absolute atomic E-state index is 13.6. The zero-order chi connectivity index (χ0) is 25.7. The minimum atomic E-state index is -4.02. The van der Waals surface area contributed by atoms with Crippen LogP contribution in [-0.4, -0.2) is 66.2 Å². The molecular weight excluding hydrogens is 502 g/mol. The number of rotatable bonds is 8. The zero-order valence-electron chi connectivity index (χ0n) is 20.1. The molecule has 0 unspecified atom stereocenters. The Balaban J connectivity index is 1.51. The maximum atomic E-state index is 13.6. The van der Waals surface area contributed by atoms with Crippen molar-refractivity contribution in [2.24, 2.45) is 0 Å². The first kappa shape index (κ1) is 25.7. The smallest absolute Gasteiger partial charge is 0.264 e. The molecule has 1 aliphatic heterocycles. The van der Waals surface area contributed by atoms with Crippen molar-refractivity contribution < 1.29 is 22.7 Å². The quantitative estimate of drug-likeness (QED) is 0.440. The highest BCUT2D eigenvalue weighted by molar-refractivity contribution is 7.92. The van der Waals surface area contributed by atoms with Gasteiger partial charge in [0.2, 0.25) is 5.91 Å². The van der Waals surface area contributed by atoms with Crippen LogP contribution in [0.1, 0.15) is 0 Å². The van der Waals surface area contributed by atoms with Gasteiger partial charge in [-0.05, 0) is 72.8 Å². The number of ether oxygens (including phenoxy) is 2. The van der Waals surface area contributed by atoms with E-state index in [0.717, 1.165) is 15.7 Å². The van der Waals surface area contributed by atoms with E-state index in [1.165, 1.54) is 19.2 Å². The first-order chi connectivity index (χ1) is 17.3. The number of hydrogen-bond donors (Lipinski definition) is 0. The van der Waals surface area contributed by atoms with Gasteiger partial charge in [0, 0.05) is 36.9 Å². The number of nitrogens with zero attached hydrogens (tertiary/aromatic N) is 3. The lowest BCUT2D eigenvalue weighted by atomic mass is 10.2. The molecule has 0 bridgehead atoms. The molecule has 0 saturated carbocycles. The van der Waals surface area contributed by atoms with E-state index in [4.69, 9.17) is 21.1 Å². The molecule has 3 aromatic rings. The van der Waals surface area contributed by atoms with Crippen LogP contribution in [0.5, 0.6) is 11.5 Å². The predicted octanol–water partition coefficient (Wildman–Crippen LogP) is 3.90. The van der Waals surface area contributed by atoms with Gasteiger partial charge in [-0.15, -0.1) is 0 Å². The highest BCUT2D eigenvalue weighted by Gasteiger charge is 2.30. The summed E-state index contributed by atoms with van der Waals surface area (Å²) in [4.78, 5) is 17.2. The summed E-state index contributed by atoms with van der Waals surface area (Å²) in [5.41, 5.74) is 1.41. The second-order valence-corrected chi connectivity index (χ2v) is 10.5. The fourth-order valence-electron chi connectivity index (χ4n) is 4.03. The average molecular weight is 530 g/mol. The van der Waals surface area contributed by atoms with Crippen molar-refractivity contribution in [2.75, 3.05) is 56.1 Å². The SMILES string of the molecule is COc1ccc(N2CCN(C(=O)CN(c3ccc(Cl)cc3)S(=O)(=O)c3ccc(OC)cc3)CC2)cc1. The number of halogens is 1. The van der Waals surface area contributed by atoms with Gasteiger partial charge in [-0.3, -0.25) is 9.10 Å². The number of sulfonamides is 1. The number of carbonyl (C=O) groups is 1. The van der Waals surface area contributed by atoms with Gasteiger partial charge in [0.15, 0.2) is 0 Å². The van der Waals surface area contributed by atoms with Gasteiger partial charge in [0.05, 0.1) is 24.8 Å². The Morgan fingerprint density at radius 2 is 1.36 bits per heavy atom. The molecule has 3 aromatic carbocycles. The van der Waals surface area contributed by atoms with Gasteiger partial charge >= 0.3 is 0 Å². The van der Waals surface area contributed by atoms with Gasteiger partial charge in [-0.25, -0.2) is 8.42 Å². The van der Waals surface area contributed by atoms with Crippen LogP contribution in [0.4, 0.5) is 11.4 Å². The first-order valence-electron chi connectivity index (χ1n) is 11.4. The topological polar surface area (TPSA) is 79.4 Å². The van der Waals surface area contributed by atoms with Crippen molar-refractivity contribution in [2.45, 2.75) is 4.90 Å². The molecule has 1 heterocycles. The van der Waals surface area contributed by atoms with E-state index in [-0.39, 0.29) is 17.3 Å². The maximum Gasteiger partial charge on any atom is 0.264 e. The Labute approximate surface area is 216 Å². The van der Waals surface area contributed by atoms with Crippen molar-refractivity contribution in [3.63, 3.8) is 0 Å². The molecule has 0 spiro atoms. The summed E-state index contributed by atoms with van der Waals surface area (Å²) in [5, 5.41) is 0.474. The first-order valence-corrected chi connectivity index (χ1v) is 13.2. The monoisotopic (exact) mass is 529 g/mol. The van der Waals surface area contributed by atoms with Crippen LogP contribution in [0.15, 0.2) is 77.7 Å². The molecule has 36 heavy (non-hydrogen) atoms. The summed E-state index contributed by atoms with van der Waals surface area (Å²) in [5.74, 6) is 1.06. The molecule has 1 saturated heterocycles. The third-order valence-electron chi connectivity index (χ3n) is 6.11. The van der Waals surface area contributed by atoms with Crippen LogP contribution in [0.25, 0.3) is 0 Å². The number of amides is 1. The molecule has 4 rings (SSSR count). The lowest BCUT2D eigenvalue weighted by Gasteiger charge is -2.37. The Kier molecular flexibility index (Phi) is 7.91. The third kappa shape index (κ3) is 5.68. The van der Waals surface area contributed by atoms with E-state index in [1.54, 1.807) is 48.4 Å². The Bertz CT molecular complexity index is 1270. The van der Waals surface area contributed by atoms with Crippen molar-refractivity contribution >= 4 is 38.9 Å². The van der Waals surface area contributed by atoms with Crippen molar-refractivity contribution in [1.29, 1.82) is 0 Å². The number of hydrogen-bond acceptors (Lipinski definition) is 6. The van der Waals surface area contributed by atoms with Crippen molar-refractivity contribution in [3.8, 4) is 11.5 Å². The Hall–Kier alpha value is -3.43. The number of carbonyl (C=O) groups excluding carboxylic acids is 1. The van der Waals surface area contributed by atoms with Gasteiger partial charge in [0.1, 0.15) is 18.0 Å². The lowest BCUT2D eigenvalue weighted by Crippen LogP contribution is -2.52. The molecule has 8 nitrogen and oxygen atoms in total. The van der Waals surface area contributed by atoms with Crippen LogP contribution in [-0.2, 0) is 14.8 Å². The van der Waals surface area contributed by atoms with E-state index >= 15 is 0 Å². The number of methoxy groups -OCH3 is 2. The van der Waals surface area contributed by atoms with Gasteiger partial charge in [0.25, 0.3) is 10.0 Å². The van der Waals surface area contributed by atoms with Crippen LogP contribution < -0.4 is 18.7 Å². The van der Waals surface area contributed by atoms with Gasteiger partial charge in [-0.1, -0.05) is 11.6 Å². The van der Waals surface area contributed by atoms with Gasteiger partial charge < -0.3 is 19.3 Å². The standard InChI is InChI=1S/C26H28ClN3O5S/c1-34-23-9-7-21(8-10-23)28-15-17-29(18-16-28)26(31)19-30(22-5-3-20(27)4-6-22)36(32,33)25-13-11-24(35-2)12-14-25/h3-14H,15-19H2,1-2H3. The van der Waals surface area contributed by atoms with Crippen LogP contribution in [0.2, 0.25) is 5.02 Å². The number of piperazine rings is 1. The molecule has 1 aliphatic rings. The Morgan fingerprint density at radius 1 is 0.833 bits per heavy atom. The molecule has 0 atom stereocenters. The average Bonchev–Trinajstić information content (AvgIpc) is 2.92. The Morgan fingerprint density at radius 3 is 1.89 bits per heavy atom. The van der Waals surface area contributed by atoms with E-state index < -0.39 is 10.0 Å². The molecule has 1 amide bonds. The summed E-state index contributed by atoms with van der Waals surface area (Å²) in [6.07, 6.45) is 0. The lowest BCUT2D eigenvalue weighted by molar-refractivity contribution is -0.129. The summed E-state index contributed by atoms with van der Waals surface area (Å²) in [6, 6.07) is 20.3. The summed E-state index contributed by atoms with van der Waals surface area (Å²) in [7, 11) is -0.884. The van der Waals surface area contributed by atoms with Crippen LogP contribution in [0, 0.1) is 0 Å². The summed E-state index contributed by atoms with van der Waals surface area (Å²) < 4.78 is 38.7. The molecule has 10 heteroatoms. The number of anilines is 2. The largest absolute Gasteiger partial charge is 0.497 e. The fraction of sp³-hybridized carbons (Fsp3) is 0.269. The molecule has 0 aromatic heterocycles. The normalized spacial score (nSPS) is 13.9. The highest BCUT2D eigenvalue weighted by Crippen LogP contribution is 2.27. The van der Waals surface area contributed by atoms with Gasteiger partial charge in [-0.2, -0.15) is 0 Å². The molecule has 1 fully saturated rings. The molecule has 0 aliphatic carbocycles. The van der Waals surface area contributed by atoms with Crippen molar-refractivity contribution in [1.82, 2.24) is 4.90 Å². The number of benzene rings is 3. The fourth-order valence-corrected chi connectivity index (χ4v) is 5.57. The van der Waals surface area contributed by atoms with Crippen molar-refractivity contribution in [3.05, 3.63) is 77.8 Å². The molecule has 0 radical (unpaired) electrons. The molecule has 0 N–H and O–H groups in total. The third-order valence-corrected chi connectivity index (χ3v) is 8.15. The van der Waals surface area contributed by atoms with E-state index in [9.17, 15) is 13.2 Å². The van der Waals surface area contributed by atoms with E-state index in [0.29, 0.717) is 42.6 Å². The molecular formula is C26H28ClN3O5S. The molecule has 190 valence electrons. The van der Waals surface area contributed by atoms with E-state index in [1.807, 2.05) is 24.3 Å². The van der Waals surface area contributed by atoms with E-state index in [2.05, 4.69) is 4.90 Å². The van der Waals surface area contributed by atoms with Crippen LogP contribution >= 0.6 is 11.6 Å². The zero-order valence-corrected chi connectivity index (χ0v) is 21.7. The minimum Gasteiger partial charge on any atom is -0.497 e. The van der Waals surface area contributed by atoms with Crippen LogP contribution in [0.3, 0.4) is 0 Å². The summed E-state index contributed by atoms with van der Waals surface area (Å²) >= 11 is 6.02. The minimum absolute atomic E-state index is 0.0652. The summed E-state index contributed by atoms with van der Waals surface area (Å²) in [6.45, 7) is 1.94. The second kappa shape index (κ2) is 11.1.